The molecule has 1 heterocycles. The molecular weight excluding hydrogens is 377 g/mol. The third kappa shape index (κ3) is 4.19. The molecule has 0 atom stereocenters. The summed E-state index contributed by atoms with van der Waals surface area (Å²) in [6, 6.07) is 12.1. The monoisotopic (exact) mass is 389 g/mol. The Morgan fingerprint density at radius 2 is 1.46 bits per heavy atom. The Hall–Kier alpha value is -2.90. The van der Waals surface area contributed by atoms with E-state index in [1.807, 2.05) is 31.2 Å². The predicted octanol–water partition coefficient (Wildman–Crippen LogP) is 5.49. The minimum absolute atomic E-state index is 0.0259. The van der Waals surface area contributed by atoms with Crippen molar-refractivity contribution in [1.82, 2.24) is 9.97 Å². The van der Waals surface area contributed by atoms with Crippen LogP contribution in [0.4, 0.5) is 28.7 Å². The summed E-state index contributed by atoms with van der Waals surface area (Å²) < 4.78 is 0. The fraction of sp³-hybridized carbons (Fsp3) is 0.0588. The molecule has 0 spiro atoms. The highest BCUT2D eigenvalue weighted by Crippen LogP contribution is 2.34. The van der Waals surface area contributed by atoms with Crippen LogP contribution >= 0.6 is 23.2 Å². The van der Waals surface area contributed by atoms with Gasteiger partial charge in [0.2, 0.25) is 11.6 Å². The summed E-state index contributed by atoms with van der Waals surface area (Å²) in [6.45, 7) is 1.95. The van der Waals surface area contributed by atoms with Crippen LogP contribution in [0.1, 0.15) is 5.56 Å². The molecule has 26 heavy (non-hydrogen) atoms. The lowest BCUT2D eigenvalue weighted by Gasteiger charge is -2.11. The van der Waals surface area contributed by atoms with Crippen LogP contribution in [-0.2, 0) is 0 Å². The fourth-order valence-corrected chi connectivity index (χ4v) is 2.80. The molecule has 1 aromatic heterocycles. The smallest absolute Gasteiger partial charge is 0.334 e. The largest absolute Gasteiger partial charge is 0.353 e. The van der Waals surface area contributed by atoms with Gasteiger partial charge in [0.25, 0.3) is 0 Å². The number of rotatable bonds is 5. The van der Waals surface area contributed by atoms with E-state index in [1.54, 1.807) is 18.2 Å². The highest BCUT2D eigenvalue weighted by atomic mass is 35.5. The van der Waals surface area contributed by atoms with Gasteiger partial charge in [-0.25, -0.2) is 9.97 Å². The molecule has 9 heteroatoms. The zero-order valence-corrected chi connectivity index (χ0v) is 15.0. The second-order valence-corrected chi connectivity index (χ2v) is 6.32. The third-order valence-corrected chi connectivity index (χ3v) is 3.88. The molecule has 0 aliphatic carbocycles. The van der Waals surface area contributed by atoms with Gasteiger partial charge in [-0.05, 0) is 37.3 Å². The fourth-order valence-electron chi connectivity index (χ4n) is 2.27. The predicted molar refractivity (Wildman–Crippen MR) is 103 cm³/mol. The topological polar surface area (TPSA) is 93.0 Å². The first kappa shape index (κ1) is 17.9. The van der Waals surface area contributed by atoms with Crippen molar-refractivity contribution in [3.8, 4) is 0 Å². The first-order valence-electron chi connectivity index (χ1n) is 7.48. The van der Waals surface area contributed by atoms with Crippen molar-refractivity contribution in [2.24, 2.45) is 0 Å². The van der Waals surface area contributed by atoms with Crippen molar-refractivity contribution in [2.45, 2.75) is 6.92 Å². The number of nitrogens with one attached hydrogen (secondary N) is 2. The van der Waals surface area contributed by atoms with E-state index in [1.165, 1.54) is 6.33 Å². The van der Waals surface area contributed by atoms with E-state index in [0.29, 0.717) is 21.4 Å². The molecule has 0 radical (unpaired) electrons. The van der Waals surface area contributed by atoms with Gasteiger partial charge in [0.05, 0.1) is 4.92 Å². The molecule has 0 bridgehead atoms. The molecule has 2 N–H and O–H groups in total. The van der Waals surface area contributed by atoms with Crippen LogP contribution in [0.25, 0.3) is 0 Å². The SMILES string of the molecule is Cc1ccc(Nc2ncnc(Nc3cc(Cl)cc(Cl)c3)c2[N+](=O)[O-])cc1. The summed E-state index contributed by atoms with van der Waals surface area (Å²) in [7, 11) is 0. The first-order chi connectivity index (χ1) is 12.4. The van der Waals surface area contributed by atoms with Gasteiger partial charge in [0.1, 0.15) is 6.33 Å². The van der Waals surface area contributed by atoms with Gasteiger partial charge in [-0.1, -0.05) is 40.9 Å². The lowest BCUT2D eigenvalue weighted by molar-refractivity contribution is -0.383. The van der Waals surface area contributed by atoms with E-state index >= 15 is 0 Å². The van der Waals surface area contributed by atoms with Crippen molar-refractivity contribution in [1.29, 1.82) is 0 Å². The van der Waals surface area contributed by atoms with Gasteiger partial charge in [0, 0.05) is 21.4 Å². The van der Waals surface area contributed by atoms with Gasteiger partial charge < -0.3 is 10.6 Å². The van der Waals surface area contributed by atoms with E-state index < -0.39 is 4.92 Å². The number of aromatic nitrogens is 2. The molecule has 2 aromatic carbocycles. The van der Waals surface area contributed by atoms with Gasteiger partial charge in [0.15, 0.2) is 0 Å². The van der Waals surface area contributed by atoms with Crippen molar-refractivity contribution >= 4 is 51.9 Å². The molecule has 0 saturated carbocycles. The molecule has 0 amide bonds. The molecule has 132 valence electrons. The van der Waals surface area contributed by atoms with Crippen LogP contribution in [0.2, 0.25) is 10.0 Å². The molecule has 7 nitrogen and oxygen atoms in total. The number of nitro groups is 1. The van der Waals surface area contributed by atoms with Crippen LogP contribution in [0, 0.1) is 17.0 Å². The van der Waals surface area contributed by atoms with Gasteiger partial charge in [-0.3, -0.25) is 10.1 Å². The standard InChI is InChI=1S/C17H13Cl2N5O2/c1-10-2-4-13(5-3-10)22-16-15(24(25)26)17(21-9-20-16)23-14-7-11(18)6-12(19)8-14/h2-9H,1H3,(H2,20,21,22,23). The van der Waals surface area contributed by atoms with Crippen LogP contribution in [0.5, 0.6) is 0 Å². The maximum atomic E-state index is 11.6. The number of halogens is 2. The Kier molecular flexibility index (Phi) is 5.20. The normalized spacial score (nSPS) is 10.4. The minimum Gasteiger partial charge on any atom is -0.334 e. The summed E-state index contributed by atoms with van der Waals surface area (Å²) in [4.78, 5) is 19.0. The lowest BCUT2D eigenvalue weighted by atomic mass is 10.2. The summed E-state index contributed by atoms with van der Waals surface area (Å²) in [5.41, 5.74) is 1.94. The molecule has 0 saturated heterocycles. The zero-order chi connectivity index (χ0) is 18.7. The Morgan fingerprint density at radius 1 is 0.923 bits per heavy atom. The second kappa shape index (κ2) is 7.55. The maximum absolute atomic E-state index is 11.6. The lowest BCUT2D eigenvalue weighted by Crippen LogP contribution is -2.05. The van der Waals surface area contributed by atoms with E-state index in [9.17, 15) is 10.1 Å². The average Bonchev–Trinajstić information content (AvgIpc) is 2.56. The molecule has 0 unspecified atom stereocenters. The molecule has 3 rings (SSSR count). The number of hydrogen-bond donors (Lipinski definition) is 2. The quantitative estimate of drug-likeness (QED) is 0.442. The highest BCUT2D eigenvalue weighted by molar-refractivity contribution is 6.35. The summed E-state index contributed by atoms with van der Waals surface area (Å²) in [6.07, 6.45) is 1.23. The van der Waals surface area contributed by atoms with E-state index in [2.05, 4.69) is 20.6 Å². The summed E-state index contributed by atoms with van der Waals surface area (Å²) >= 11 is 11.9. The second-order valence-electron chi connectivity index (χ2n) is 5.45. The van der Waals surface area contributed by atoms with E-state index in [0.717, 1.165) is 5.56 Å². The number of aryl methyl sites for hydroxylation is 1. The molecular formula is C17H13Cl2N5O2. The van der Waals surface area contributed by atoms with Crippen molar-refractivity contribution in [3.05, 3.63) is 74.5 Å². The van der Waals surface area contributed by atoms with Gasteiger partial charge in [-0.15, -0.1) is 0 Å². The molecule has 0 aliphatic heterocycles. The molecule has 0 fully saturated rings. The van der Waals surface area contributed by atoms with Gasteiger partial charge in [-0.2, -0.15) is 0 Å². The average molecular weight is 390 g/mol. The minimum atomic E-state index is -0.551. The Labute approximate surface area is 159 Å². The molecule has 3 aromatic rings. The Morgan fingerprint density at radius 3 is 2.00 bits per heavy atom. The Bertz CT molecular complexity index is 944. The number of benzene rings is 2. The van der Waals surface area contributed by atoms with E-state index in [-0.39, 0.29) is 17.3 Å². The molecule has 0 aliphatic rings. The summed E-state index contributed by atoms with van der Waals surface area (Å²) in [5.74, 6) is 0.0995. The van der Waals surface area contributed by atoms with Gasteiger partial charge >= 0.3 is 5.69 Å². The number of nitrogens with zero attached hydrogens (tertiary/aromatic N) is 3. The number of anilines is 4. The van der Waals surface area contributed by atoms with Crippen LogP contribution in [0.3, 0.4) is 0 Å². The van der Waals surface area contributed by atoms with Crippen molar-refractivity contribution in [2.75, 3.05) is 10.6 Å². The highest BCUT2D eigenvalue weighted by Gasteiger charge is 2.23. The number of hydrogen-bond acceptors (Lipinski definition) is 6. The van der Waals surface area contributed by atoms with E-state index in [4.69, 9.17) is 23.2 Å². The van der Waals surface area contributed by atoms with Crippen LogP contribution < -0.4 is 10.6 Å². The third-order valence-electron chi connectivity index (χ3n) is 3.44. The van der Waals surface area contributed by atoms with Crippen molar-refractivity contribution in [3.63, 3.8) is 0 Å². The zero-order valence-electron chi connectivity index (χ0n) is 13.5. The maximum Gasteiger partial charge on any atom is 0.353 e. The summed E-state index contributed by atoms with van der Waals surface area (Å²) in [5, 5.41) is 18.2. The van der Waals surface area contributed by atoms with Crippen LogP contribution in [0.15, 0.2) is 48.8 Å². The van der Waals surface area contributed by atoms with Crippen LogP contribution in [-0.4, -0.2) is 14.9 Å². The van der Waals surface area contributed by atoms with Crippen molar-refractivity contribution < 1.29 is 4.92 Å². The Balaban J connectivity index is 1.98. The first-order valence-corrected chi connectivity index (χ1v) is 8.24.